The molecular weight excluding hydrogens is 328 g/mol. The molecule has 11 heteroatoms. The monoisotopic (exact) mass is 348 g/mol. The number of nitrogens with one attached hydrogen (secondary N) is 3. The molecule has 0 aliphatic carbocycles. The fourth-order valence-corrected chi connectivity index (χ4v) is 2.98. The Balaban J connectivity index is 2.63. The number of sulfonamides is 1. The van der Waals surface area contributed by atoms with Crippen molar-refractivity contribution in [1.82, 2.24) is 20.2 Å². The predicted molar refractivity (Wildman–Crippen MR) is 79.7 cm³/mol. The van der Waals surface area contributed by atoms with E-state index in [4.69, 9.17) is 9.84 Å². The third-order valence-electron chi connectivity index (χ3n) is 2.45. The maximum absolute atomic E-state index is 12.1. The quantitative estimate of drug-likeness (QED) is 0.537. The molecule has 0 fully saturated rings. The summed E-state index contributed by atoms with van der Waals surface area (Å²) in [6, 6.07) is 0. The molecule has 0 saturated carbocycles. The van der Waals surface area contributed by atoms with Crippen molar-refractivity contribution >= 4 is 22.1 Å². The van der Waals surface area contributed by atoms with Gasteiger partial charge in [0.05, 0.1) is 5.69 Å². The van der Waals surface area contributed by atoms with Crippen molar-refractivity contribution in [3.63, 3.8) is 0 Å². The SMILES string of the molecule is Cc1[nH]nc(C(=O)O)c1S(=O)(=O)NCCNC(=O)OC(C)(C)C. The molecule has 1 heterocycles. The zero-order valence-corrected chi connectivity index (χ0v) is 14.1. The van der Waals surface area contributed by atoms with E-state index in [1.807, 2.05) is 0 Å². The number of ether oxygens (including phenoxy) is 1. The normalized spacial score (nSPS) is 12.0. The molecule has 0 bridgehead atoms. The van der Waals surface area contributed by atoms with Crippen molar-refractivity contribution in [2.45, 2.75) is 38.2 Å². The van der Waals surface area contributed by atoms with Gasteiger partial charge in [-0.1, -0.05) is 0 Å². The van der Waals surface area contributed by atoms with Crippen LogP contribution in [0.3, 0.4) is 0 Å². The highest BCUT2D eigenvalue weighted by atomic mass is 32.2. The van der Waals surface area contributed by atoms with Gasteiger partial charge in [-0.25, -0.2) is 22.7 Å². The molecule has 0 aromatic carbocycles. The topological polar surface area (TPSA) is 150 Å². The maximum atomic E-state index is 12.1. The van der Waals surface area contributed by atoms with E-state index in [1.165, 1.54) is 6.92 Å². The first-order chi connectivity index (χ1) is 10.4. The van der Waals surface area contributed by atoms with Crippen LogP contribution in [0.5, 0.6) is 0 Å². The number of aryl methyl sites for hydroxylation is 1. The fraction of sp³-hybridized carbons (Fsp3) is 0.583. The molecule has 1 amide bonds. The summed E-state index contributed by atoms with van der Waals surface area (Å²) in [5.74, 6) is -1.46. The Bertz CT molecular complexity index is 689. The lowest BCUT2D eigenvalue weighted by Crippen LogP contribution is -2.38. The minimum atomic E-state index is -4.07. The Morgan fingerprint density at radius 2 is 1.91 bits per heavy atom. The van der Waals surface area contributed by atoms with Crippen molar-refractivity contribution in [3.8, 4) is 0 Å². The largest absolute Gasteiger partial charge is 0.476 e. The van der Waals surface area contributed by atoms with Crippen LogP contribution in [-0.4, -0.2) is 54.5 Å². The lowest BCUT2D eigenvalue weighted by Gasteiger charge is -2.19. The number of carbonyl (C=O) groups excluding carboxylic acids is 1. The second-order valence-electron chi connectivity index (χ2n) is 5.66. The molecule has 0 radical (unpaired) electrons. The summed E-state index contributed by atoms with van der Waals surface area (Å²) in [4.78, 5) is 22.0. The Labute approximate surface area is 133 Å². The van der Waals surface area contributed by atoms with E-state index in [2.05, 4.69) is 20.2 Å². The van der Waals surface area contributed by atoms with Gasteiger partial charge in [0.25, 0.3) is 0 Å². The highest BCUT2D eigenvalue weighted by molar-refractivity contribution is 7.89. The van der Waals surface area contributed by atoms with Crippen molar-refractivity contribution in [1.29, 1.82) is 0 Å². The first-order valence-electron chi connectivity index (χ1n) is 6.69. The number of H-pyrrole nitrogens is 1. The number of nitrogens with zero attached hydrogens (tertiary/aromatic N) is 1. The molecule has 23 heavy (non-hydrogen) atoms. The minimum Gasteiger partial charge on any atom is -0.476 e. The Kier molecular flexibility index (Phi) is 5.72. The number of carboxylic acids is 1. The zero-order chi connectivity index (χ0) is 17.8. The second-order valence-corrected chi connectivity index (χ2v) is 7.36. The van der Waals surface area contributed by atoms with Crippen LogP contribution in [0.15, 0.2) is 4.90 Å². The van der Waals surface area contributed by atoms with Gasteiger partial charge in [0, 0.05) is 13.1 Å². The van der Waals surface area contributed by atoms with E-state index in [-0.39, 0.29) is 18.8 Å². The van der Waals surface area contributed by atoms with Crippen LogP contribution in [0.25, 0.3) is 0 Å². The third kappa shape index (κ3) is 5.53. The molecule has 10 nitrogen and oxygen atoms in total. The molecule has 1 aromatic heterocycles. The molecule has 0 aliphatic heterocycles. The second kappa shape index (κ2) is 6.96. The highest BCUT2D eigenvalue weighted by Crippen LogP contribution is 2.17. The van der Waals surface area contributed by atoms with Gasteiger partial charge >= 0.3 is 12.1 Å². The summed E-state index contributed by atoms with van der Waals surface area (Å²) in [7, 11) is -4.07. The van der Waals surface area contributed by atoms with Crippen LogP contribution >= 0.6 is 0 Å². The van der Waals surface area contributed by atoms with Gasteiger partial charge in [-0.05, 0) is 27.7 Å². The van der Waals surface area contributed by atoms with Crippen LogP contribution in [-0.2, 0) is 14.8 Å². The summed E-state index contributed by atoms with van der Waals surface area (Å²) >= 11 is 0. The number of aromatic carboxylic acids is 1. The van der Waals surface area contributed by atoms with E-state index in [0.29, 0.717) is 0 Å². The summed E-state index contributed by atoms with van der Waals surface area (Å²) in [5.41, 5.74) is -1.14. The first kappa shape index (κ1) is 18.9. The predicted octanol–water partition coefficient (Wildman–Crippen LogP) is 0.219. The van der Waals surface area contributed by atoms with Gasteiger partial charge in [-0.2, -0.15) is 5.10 Å². The summed E-state index contributed by atoms with van der Waals surface area (Å²) < 4.78 is 31.5. The third-order valence-corrected chi connectivity index (χ3v) is 4.07. The molecule has 0 spiro atoms. The van der Waals surface area contributed by atoms with Crippen molar-refractivity contribution in [2.75, 3.05) is 13.1 Å². The van der Waals surface area contributed by atoms with Gasteiger partial charge in [0.1, 0.15) is 10.5 Å². The van der Waals surface area contributed by atoms with Crippen molar-refractivity contribution < 1.29 is 27.9 Å². The smallest absolute Gasteiger partial charge is 0.407 e. The average Bonchev–Trinajstić information content (AvgIpc) is 2.75. The number of aromatic nitrogens is 2. The molecule has 4 N–H and O–H groups in total. The average molecular weight is 348 g/mol. The molecule has 0 atom stereocenters. The van der Waals surface area contributed by atoms with Gasteiger partial charge in [-0.15, -0.1) is 0 Å². The number of carboxylic acid groups (broad SMARTS) is 1. The number of hydrogen-bond donors (Lipinski definition) is 4. The number of amides is 1. The van der Waals surface area contributed by atoms with Crippen LogP contribution in [0.2, 0.25) is 0 Å². The Morgan fingerprint density at radius 3 is 2.43 bits per heavy atom. The summed E-state index contributed by atoms with van der Waals surface area (Å²) in [5, 5.41) is 17.1. The van der Waals surface area contributed by atoms with Crippen LogP contribution < -0.4 is 10.0 Å². The number of aromatic amines is 1. The Hall–Kier alpha value is -2.14. The Morgan fingerprint density at radius 1 is 1.30 bits per heavy atom. The van der Waals surface area contributed by atoms with Gasteiger partial charge in [0.15, 0.2) is 5.69 Å². The van der Waals surface area contributed by atoms with Crippen LogP contribution in [0.1, 0.15) is 37.0 Å². The van der Waals surface area contributed by atoms with Crippen molar-refractivity contribution in [2.24, 2.45) is 0 Å². The molecule has 0 unspecified atom stereocenters. The fourth-order valence-electron chi connectivity index (χ4n) is 1.63. The number of carbonyl (C=O) groups is 2. The van der Waals surface area contributed by atoms with E-state index in [0.717, 1.165) is 0 Å². The zero-order valence-electron chi connectivity index (χ0n) is 13.3. The standard InChI is InChI=1S/C12H20N4O6S/c1-7-9(8(10(17)18)16-15-7)23(20,21)14-6-5-13-11(19)22-12(2,3)4/h14H,5-6H2,1-4H3,(H,13,19)(H,15,16)(H,17,18). The minimum absolute atomic E-state index is 0.0204. The van der Waals surface area contributed by atoms with Gasteiger partial charge in [-0.3, -0.25) is 5.10 Å². The number of hydrogen-bond acceptors (Lipinski definition) is 6. The number of alkyl carbamates (subject to hydrolysis) is 1. The van der Waals surface area contributed by atoms with E-state index < -0.39 is 38.3 Å². The lowest BCUT2D eigenvalue weighted by molar-refractivity contribution is 0.0528. The highest BCUT2D eigenvalue weighted by Gasteiger charge is 2.27. The van der Waals surface area contributed by atoms with E-state index in [9.17, 15) is 18.0 Å². The van der Waals surface area contributed by atoms with Gasteiger partial charge in [0.2, 0.25) is 10.0 Å². The van der Waals surface area contributed by atoms with Crippen molar-refractivity contribution in [3.05, 3.63) is 11.4 Å². The molecule has 1 rings (SSSR count). The van der Waals surface area contributed by atoms with Crippen LogP contribution in [0, 0.1) is 6.92 Å². The molecule has 130 valence electrons. The van der Waals surface area contributed by atoms with Crippen LogP contribution in [0.4, 0.5) is 4.79 Å². The maximum Gasteiger partial charge on any atom is 0.407 e. The summed E-state index contributed by atoms with van der Waals surface area (Å²) in [6.45, 7) is 6.34. The van der Waals surface area contributed by atoms with E-state index in [1.54, 1.807) is 20.8 Å². The molecule has 1 aromatic rings. The lowest BCUT2D eigenvalue weighted by atomic mass is 10.2. The first-order valence-corrected chi connectivity index (χ1v) is 8.17. The van der Waals surface area contributed by atoms with E-state index >= 15 is 0 Å². The summed E-state index contributed by atoms with van der Waals surface area (Å²) in [6.07, 6.45) is -0.678. The number of rotatable bonds is 6. The molecule has 0 saturated heterocycles. The molecular formula is C12H20N4O6S. The molecule has 0 aliphatic rings. The van der Waals surface area contributed by atoms with Gasteiger partial charge < -0.3 is 15.2 Å².